The van der Waals surface area contributed by atoms with Gasteiger partial charge in [-0.2, -0.15) is 0 Å². The van der Waals surface area contributed by atoms with Crippen molar-refractivity contribution in [3.8, 4) is 5.75 Å². The Morgan fingerprint density at radius 1 is 1.53 bits per heavy atom. The first-order valence-corrected chi connectivity index (χ1v) is 4.45. The van der Waals surface area contributed by atoms with Crippen LogP contribution in [0.15, 0.2) is 12.1 Å². The van der Waals surface area contributed by atoms with E-state index in [0.717, 1.165) is 0 Å². The highest BCUT2D eigenvalue weighted by Gasteiger charge is 2.14. The van der Waals surface area contributed by atoms with Crippen molar-refractivity contribution in [2.75, 3.05) is 7.11 Å². The maximum Gasteiger partial charge on any atom is 0.338 e. The Bertz CT molecular complexity index is 396. The highest BCUT2D eigenvalue weighted by molar-refractivity contribution is 5.92. The topological polar surface area (TPSA) is 63.6 Å². The van der Waals surface area contributed by atoms with E-state index in [1.54, 1.807) is 19.1 Å². The summed E-state index contributed by atoms with van der Waals surface area (Å²) in [7, 11) is 1.28. The molecule has 0 heterocycles. The highest BCUT2D eigenvalue weighted by Crippen LogP contribution is 2.25. The molecule has 0 fully saturated rings. The van der Waals surface area contributed by atoms with E-state index in [1.807, 2.05) is 0 Å². The zero-order valence-electron chi connectivity index (χ0n) is 8.61. The lowest BCUT2D eigenvalue weighted by Crippen LogP contribution is -2.04. The molecule has 0 radical (unpaired) electrons. The molecule has 0 unspecified atom stereocenters. The normalized spacial score (nSPS) is 9.73. The fourth-order valence-corrected chi connectivity index (χ4v) is 1.34. The van der Waals surface area contributed by atoms with Crippen LogP contribution in [0.3, 0.4) is 0 Å². The average Bonchev–Trinajstić information content (AvgIpc) is 2.24. The van der Waals surface area contributed by atoms with Crippen LogP contribution in [0.2, 0.25) is 0 Å². The second kappa shape index (κ2) is 4.59. The van der Waals surface area contributed by atoms with Crippen molar-refractivity contribution in [1.29, 1.82) is 0 Å². The number of carbonyl (C=O) groups is 2. The van der Waals surface area contributed by atoms with Crippen molar-refractivity contribution in [2.24, 2.45) is 0 Å². The first-order chi connectivity index (χ1) is 7.11. The summed E-state index contributed by atoms with van der Waals surface area (Å²) in [6.07, 6.45) is 0.834. The summed E-state index contributed by atoms with van der Waals surface area (Å²) in [4.78, 5) is 21.6. The number of phenols is 1. The van der Waals surface area contributed by atoms with Crippen LogP contribution in [0, 0.1) is 6.92 Å². The Morgan fingerprint density at radius 2 is 2.20 bits per heavy atom. The zero-order valence-corrected chi connectivity index (χ0v) is 8.61. The second-order valence-corrected chi connectivity index (χ2v) is 3.11. The number of hydrogen-bond donors (Lipinski definition) is 1. The van der Waals surface area contributed by atoms with Crippen molar-refractivity contribution in [1.82, 2.24) is 0 Å². The first kappa shape index (κ1) is 11.2. The quantitative estimate of drug-likeness (QED) is 0.599. The predicted octanol–water partition coefficient (Wildman–Crippen LogP) is 1.23. The number of aromatic hydroxyl groups is 1. The van der Waals surface area contributed by atoms with Crippen molar-refractivity contribution >= 4 is 12.3 Å². The smallest absolute Gasteiger partial charge is 0.338 e. The summed E-state index contributed by atoms with van der Waals surface area (Å²) in [6.45, 7) is 1.61. The summed E-state index contributed by atoms with van der Waals surface area (Å²) >= 11 is 0. The highest BCUT2D eigenvalue weighted by atomic mass is 16.5. The van der Waals surface area contributed by atoms with Gasteiger partial charge in [-0.05, 0) is 13.0 Å². The van der Waals surface area contributed by atoms with Crippen molar-refractivity contribution < 1.29 is 19.4 Å². The molecule has 0 aromatic heterocycles. The Hall–Kier alpha value is -1.84. The third-order valence-electron chi connectivity index (χ3n) is 2.22. The van der Waals surface area contributed by atoms with Crippen LogP contribution in [-0.2, 0) is 16.0 Å². The summed E-state index contributed by atoms with van der Waals surface area (Å²) < 4.78 is 4.55. The molecule has 0 aliphatic heterocycles. The van der Waals surface area contributed by atoms with Crippen LogP contribution in [0.4, 0.5) is 0 Å². The Morgan fingerprint density at radius 3 is 2.73 bits per heavy atom. The predicted molar refractivity (Wildman–Crippen MR) is 54.0 cm³/mol. The van der Waals surface area contributed by atoms with E-state index in [9.17, 15) is 14.7 Å². The molecule has 0 atom stereocenters. The number of methoxy groups -OCH3 is 1. The second-order valence-electron chi connectivity index (χ2n) is 3.11. The van der Waals surface area contributed by atoms with E-state index < -0.39 is 5.97 Å². The molecule has 0 amide bonds. The van der Waals surface area contributed by atoms with E-state index in [2.05, 4.69) is 4.74 Å². The minimum absolute atomic E-state index is 0.0231. The molecular weight excluding hydrogens is 196 g/mol. The van der Waals surface area contributed by atoms with Gasteiger partial charge < -0.3 is 14.6 Å². The van der Waals surface area contributed by atoms with E-state index >= 15 is 0 Å². The third kappa shape index (κ3) is 2.15. The molecule has 0 bridgehead atoms. The van der Waals surface area contributed by atoms with Gasteiger partial charge in [-0.25, -0.2) is 4.79 Å². The minimum atomic E-state index is -0.500. The fourth-order valence-electron chi connectivity index (χ4n) is 1.34. The van der Waals surface area contributed by atoms with Crippen molar-refractivity contribution in [3.05, 3.63) is 28.8 Å². The van der Waals surface area contributed by atoms with Gasteiger partial charge in [0.2, 0.25) is 0 Å². The number of benzene rings is 1. The molecule has 1 rings (SSSR count). The number of carbonyl (C=O) groups excluding carboxylic acids is 2. The summed E-state index contributed by atoms with van der Waals surface area (Å²) in [5.41, 5.74) is 1.25. The molecule has 4 heteroatoms. The van der Waals surface area contributed by atoms with Gasteiger partial charge in [0.1, 0.15) is 12.0 Å². The van der Waals surface area contributed by atoms with Crippen LogP contribution < -0.4 is 0 Å². The monoisotopic (exact) mass is 208 g/mol. The van der Waals surface area contributed by atoms with Gasteiger partial charge in [0.25, 0.3) is 0 Å². The molecule has 0 saturated carbocycles. The van der Waals surface area contributed by atoms with Gasteiger partial charge >= 0.3 is 5.97 Å². The molecule has 1 aromatic rings. The van der Waals surface area contributed by atoms with Crippen LogP contribution in [0.1, 0.15) is 21.5 Å². The minimum Gasteiger partial charge on any atom is -0.507 e. The van der Waals surface area contributed by atoms with Gasteiger partial charge in [-0.1, -0.05) is 6.07 Å². The van der Waals surface area contributed by atoms with Crippen LogP contribution in [0.25, 0.3) is 0 Å². The lowest BCUT2D eigenvalue weighted by atomic mass is 10.0. The number of rotatable bonds is 3. The molecule has 0 aliphatic rings. The SMILES string of the molecule is COC(=O)c1ccc(CC=O)c(O)c1C. The number of ether oxygens (including phenoxy) is 1. The Kier molecular flexibility index (Phi) is 3.44. The lowest BCUT2D eigenvalue weighted by Gasteiger charge is -2.08. The van der Waals surface area contributed by atoms with Crippen LogP contribution in [-0.4, -0.2) is 24.5 Å². The number of esters is 1. The molecule has 0 aliphatic carbocycles. The van der Waals surface area contributed by atoms with Crippen molar-refractivity contribution in [2.45, 2.75) is 13.3 Å². The lowest BCUT2D eigenvalue weighted by molar-refractivity contribution is -0.107. The molecule has 80 valence electrons. The van der Waals surface area contributed by atoms with Crippen LogP contribution in [0.5, 0.6) is 5.75 Å². The van der Waals surface area contributed by atoms with Gasteiger partial charge in [0.15, 0.2) is 0 Å². The largest absolute Gasteiger partial charge is 0.507 e. The number of aldehydes is 1. The van der Waals surface area contributed by atoms with Crippen LogP contribution >= 0.6 is 0 Å². The third-order valence-corrected chi connectivity index (χ3v) is 2.22. The number of phenolic OH excluding ortho intramolecular Hbond substituents is 1. The first-order valence-electron chi connectivity index (χ1n) is 4.45. The summed E-state index contributed by atoms with van der Waals surface area (Å²) in [6, 6.07) is 3.09. The fraction of sp³-hybridized carbons (Fsp3) is 0.273. The van der Waals surface area contributed by atoms with Gasteiger partial charge in [-0.15, -0.1) is 0 Å². The molecule has 15 heavy (non-hydrogen) atoms. The van der Waals surface area contributed by atoms with E-state index in [4.69, 9.17) is 0 Å². The Balaban J connectivity index is 3.20. The molecule has 1 N–H and O–H groups in total. The summed E-state index contributed by atoms with van der Waals surface area (Å²) in [5, 5.41) is 9.69. The van der Waals surface area contributed by atoms with Gasteiger partial charge in [0.05, 0.1) is 12.7 Å². The van der Waals surface area contributed by atoms with Gasteiger partial charge in [-0.3, -0.25) is 0 Å². The van der Waals surface area contributed by atoms with Gasteiger partial charge in [0, 0.05) is 17.5 Å². The molecule has 0 spiro atoms. The molecular formula is C11H12O4. The zero-order chi connectivity index (χ0) is 11.4. The maximum atomic E-state index is 11.3. The molecule has 4 nitrogen and oxygen atoms in total. The summed E-state index contributed by atoms with van der Waals surface area (Å²) in [5.74, 6) is -0.523. The maximum absolute atomic E-state index is 11.3. The standard InChI is InChI=1S/C11H12O4/c1-7-9(11(14)15-2)4-3-8(5-6-12)10(7)13/h3-4,6,13H,5H2,1-2H3. The Labute approximate surface area is 87.5 Å². The molecule has 1 aromatic carbocycles. The average molecular weight is 208 g/mol. The van der Waals surface area contributed by atoms with E-state index in [-0.39, 0.29) is 12.2 Å². The molecule has 0 saturated heterocycles. The van der Waals surface area contributed by atoms with Crippen molar-refractivity contribution in [3.63, 3.8) is 0 Å². The number of hydrogen-bond acceptors (Lipinski definition) is 4. The van der Waals surface area contributed by atoms with E-state index in [1.165, 1.54) is 7.11 Å². The van der Waals surface area contributed by atoms with E-state index in [0.29, 0.717) is 23.0 Å².